The third-order valence-corrected chi connectivity index (χ3v) is 3.33. The Morgan fingerprint density at radius 1 is 1.50 bits per heavy atom. The molecule has 2 unspecified atom stereocenters. The number of rotatable bonds is 3. The van der Waals surface area contributed by atoms with Crippen molar-refractivity contribution in [2.75, 3.05) is 12.8 Å². The second kappa shape index (κ2) is 5.35. The number of nitrogens with one attached hydrogen (secondary N) is 1. The first-order chi connectivity index (χ1) is 8.61. The van der Waals surface area contributed by atoms with E-state index in [9.17, 15) is 9.18 Å². The predicted molar refractivity (Wildman–Crippen MR) is 66.7 cm³/mol. The molecule has 98 valence electrons. The van der Waals surface area contributed by atoms with Crippen LogP contribution in [0.4, 0.5) is 10.1 Å². The minimum absolute atomic E-state index is 0.0163. The summed E-state index contributed by atoms with van der Waals surface area (Å²) >= 11 is 0. The standard InChI is InChI=1S/C13H17FN2O2/c1-18-12-4-2-3-11(12)16-13(17)8-5-6-9(14)10(15)7-8/h5-7,11-12H,2-4,15H2,1H3,(H,16,17). The lowest BCUT2D eigenvalue weighted by atomic mass is 10.1. The Balaban J connectivity index is 2.05. The fourth-order valence-corrected chi connectivity index (χ4v) is 2.31. The molecule has 0 aliphatic heterocycles. The molecule has 2 rings (SSSR count). The number of nitrogen functional groups attached to an aromatic ring is 1. The van der Waals surface area contributed by atoms with Gasteiger partial charge in [0.25, 0.3) is 5.91 Å². The third kappa shape index (κ3) is 2.61. The largest absolute Gasteiger partial charge is 0.396 e. The van der Waals surface area contributed by atoms with Gasteiger partial charge in [-0.1, -0.05) is 0 Å². The zero-order valence-electron chi connectivity index (χ0n) is 10.3. The van der Waals surface area contributed by atoms with Crippen molar-refractivity contribution in [2.45, 2.75) is 31.4 Å². The molecular formula is C13H17FN2O2. The summed E-state index contributed by atoms with van der Waals surface area (Å²) in [5.74, 6) is -0.752. The number of nitrogens with two attached hydrogens (primary N) is 1. The zero-order chi connectivity index (χ0) is 13.1. The molecule has 2 atom stereocenters. The van der Waals surface area contributed by atoms with E-state index in [0.717, 1.165) is 19.3 Å². The van der Waals surface area contributed by atoms with Crippen LogP contribution in [0.3, 0.4) is 0 Å². The molecule has 1 aliphatic carbocycles. The number of ether oxygens (including phenoxy) is 1. The van der Waals surface area contributed by atoms with Crippen LogP contribution in [0, 0.1) is 5.82 Å². The molecule has 0 heterocycles. The molecule has 1 aliphatic rings. The summed E-state index contributed by atoms with van der Waals surface area (Å²) in [6.45, 7) is 0. The molecule has 0 spiro atoms. The average molecular weight is 252 g/mol. The number of carbonyl (C=O) groups excluding carboxylic acids is 1. The lowest BCUT2D eigenvalue weighted by Gasteiger charge is -2.19. The highest BCUT2D eigenvalue weighted by Gasteiger charge is 2.28. The number of hydrogen-bond acceptors (Lipinski definition) is 3. The summed E-state index contributed by atoms with van der Waals surface area (Å²) in [4.78, 5) is 12.0. The molecule has 0 aromatic heterocycles. The quantitative estimate of drug-likeness (QED) is 0.805. The summed E-state index contributed by atoms with van der Waals surface area (Å²) in [6.07, 6.45) is 2.95. The second-order valence-electron chi connectivity index (χ2n) is 4.52. The monoisotopic (exact) mass is 252 g/mol. The highest BCUT2D eigenvalue weighted by Crippen LogP contribution is 2.22. The minimum atomic E-state index is -0.512. The number of anilines is 1. The van der Waals surface area contributed by atoms with Crippen molar-refractivity contribution in [1.82, 2.24) is 5.32 Å². The van der Waals surface area contributed by atoms with Crippen LogP contribution < -0.4 is 11.1 Å². The van der Waals surface area contributed by atoms with Crippen LogP contribution in [0.1, 0.15) is 29.6 Å². The van der Waals surface area contributed by atoms with E-state index in [-0.39, 0.29) is 23.7 Å². The van der Waals surface area contributed by atoms with Crippen molar-refractivity contribution in [2.24, 2.45) is 0 Å². The van der Waals surface area contributed by atoms with Crippen LogP contribution >= 0.6 is 0 Å². The number of methoxy groups -OCH3 is 1. The van der Waals surface area contributed by atoms with Gasteiger partial charge in [-0.05, 0) is 37.5 Å². The van der Waals surface area contributed by atoms with Crippen LogP contribution in [0.25, 0.3) is 0 Å². The summed E-state index contributed by atoms with van der Waals surface area (Å²) in [7, 11) is 1.64. The molecule has 1 fully saturated rings. The first-order valence-electron chi connectivity index (χ1n) is 6.00. The number of hydrogen-bond donors (Lipinski definition) is 2. The Hall–Kier alpha value is -1.62. The molecule has 1 saturated carbocycles. The third-order valence-electron chi connectivity index (χ3n) is 3.33. The number of benzene rings is 1. The van der Waals surface area contributed by atoms with E-state index in [2.05, 4.69) is 5.32 Å². The zero-order valence-corrected chi connectivity index (χ0v) is 10.3. The average Bonchev–Trinajstić information content (AvgIpc) is 2.79. The van der Waals surface area contributed by atoms with Crippen LogP contribution in [0.2, 0.25) is 0 Å². The molecule has 1 aromatic rings. The van der Waals surface area contributed by atoms with E-state index in [1.54, 1.807) is 7.11 Å². The summed E-state index contributed by atoms with van der Waals surface area (Å²) in [5.41, 5.74) is 5.80. The van der Waals surface area contributed by atoms with Crippen LogP contribution in [-0.2, 0) is 4.74 Å². The molecule has 3 N–H and O–H groups in total. The van der Waals surface area contributed by atoms with Crippen LogP contribution in [0.15, 0.2) is 18.2 Å². The number of amides is 1. The maximum absolute atomic E-state index is 13.0. The Bertz CT molecular complexity index is 451. The smallest absolute Gasteiger partial charge is 0.251 e. The molecule has 0 radical (unpaired) electrons. The summed E-state index contributed by atoms with van der Waals surface area (Å²) in [6, 6.07) is 4.00. The molecule has 18 heavy (non-hydrogen) atoms. The van der Waals surface area contributed by atoms with E-state index in [1.807, 2.05) is 0 Å². The SMILES string of the molecule is COC1CCCC1NC(=O)c1ccc(F)c(N)c1. The molecular weight excluding hydrogens is 235 g/mol. The first-order valence-corrected chi connectivity index (χ1v) is 6.00. The van der Waals surface area contributed by atoms with E-state index < -0.39 is 5.82 Å². The summed E-state index contributed by atoms with van der Waals surface area (Å²) in [5, 5.41) is 2.90. The Morgan fingerprint density at radius 2 is 2.28 bits per heavy atom. The van der Waals surface area contributed by atoms with Gasteiger partial charge in [0.2, 0.25) is 0 Å². The molecule has 0 bridgehead atoms. The highest BCUT2D eigenvalue weighted by molar-refractivity contribution is 5.95. The Kier molecular flexibility index (Phi) is 3.81. The fraction of sp³-hybridized carbons (Fsp3) is 0.462. The highest BCUT2D eigenvalue weighted by atomic mass is 19.1. The van der Waals surface area contributed by atoms with E-state index in [0.29, 0.717) is 5.56 Å². The lowest BCUT2D eigenvalue weighted by Crippen LogP contribution is -2.40. The number of carbonyl (C=O) groups is 1. The van der Waals surface area contributed by atoms with Gasteiger partial charge in [0, 0.05) is 12.7 Å². The van der Waals surface area contributed by atoms with Gasteiger partial charge in [-0.25, -0.2) is 4.39 Å². The van der Waals surface area contributed by atoms with Crippen molar-refractivity contribution in [3.63, 3.8) is 0 Å². The van der Waals surface area contributed by atoms with E-state index >= 15 is 0 Å². The second-order valence-corrected chi connectivity index (χ2v) is 4.52. The van der Waals surface area contributed by atoms with Gasteiger partial charge in [-0.2, -0.15) is 0 Å². The van der Waals surface area contributed by atoms with Crippen molar-refractivity contribution in [3.8, 4) is 0 Å². The Labute approximate surface area is 105 Å². The Morgan fingerprint density at radius 3 is 2.94 bits per heavy atom. The summed E-state index contributed by atoms with van der Waals surface area (Å²) < 4.78 is 18.3. The predicted octanol–water partition coefficient (Wildman–Crippen LogP) is 1.71. The molecule has 4 nitrogen and oxygen atoms in total. The lowest BCUT2D eigenvalue weighted by molar-refractivity contribution is 0.0722. The molecule has 1 aromatic carbocycles. The van der Waals surface area contributed by atoms with Gasteiger partial charge >= 0.3 is 0 Å². The molecule has 0 saturated heterocycles. The van der Waals surface area contributed by atoms with E-state index in [4.69, 9.17) is 10.5 Å². The van der Waals surface area contributed by atoms with Crippen molar-refractivity contribution in [1.29, 1.82) is 0 Å². The maximum Gasteiger partial charge on any atom is 0.251 e. The topological polar surface area (TPSA) is 64.3 Å². The normalized spacial score (nSPS) is 23.0. The van der Waals surface area contributed by atoms with Gasteiger partial charge in [0.15, 0.2) is 0 Å². The van der Waals surface area contributed by atoms with Gasteiger partial charge < -0.3 is 15.8 Å². The van der Waals surface area contributed by atoms with Gasteiger partial charge in [0.05, 0.1) is 17.8 Å². The van der Waals surface area contributed by atoms with Crippen molar-refractivity contribution in [3.05, 3.63) is 29.6 Å². The first kappa shape index (κ1) is 12.8. The minimum Gasteiger partial charge on any atom is -0.396 e. The molecule has 1 amide bonds. The van der Waals surface area contributed by atoms with Crippen molar-refractivity contribution < 1.29 is 13.9 Å². The van der Waals surface area contributed by atoms with Gasteiger partial charge in [-0.3, -0.25) is 4.79 Å². The van der Waals surface area contributed by atoms with Crippen LogP contribution in [-0.4, -0.2) is 25.2 Å². The maximum atomic E-state index is 13.0. The van der Waals surface area contributed by atoms with Crippen molar-refractivity contribution >= 4 is 11.6 Å². The molecule has 5 heteroatoms. The van der Waals surface area contributed by atoms with Gasteiger partial charge in [0.1, 0.15) is 5.82 Å². The number of halogens is 1. The van der Waals surface area contributed by atoms with Gasteiger partial charge in [-0.15, -0.1) is 0 Å². The van der Waals surface area contributed by atoms with Crippen LogP contribution in [0.5, 0.6) is 0 Å². The fourth-order valence-electron chi connectivity index (χ4n) is 2.31. The van der Waals surface area contributed by atoms with E-state index in [1.165, 1.54) is 18.2 Å².